The van der Waals surface area contributed by atoms with Gasteiger partial charge in [0.05, 0.1) is 5.92 Å². The summed E-state index contributed by atoms with van der Waals surface area (Å²) in [5.74, 6) is 1.40. The van der Waals surface area contributed by atoms with Gasteiger partial charge in [-0.25, -0.2) is 9.18 Å². The van der Waals surface area contributed by atoms with Crippen molar-refractivity contribution >= 4 is 23.7 Å². The molecule has 2 rings (SSSR count). The first-order valence-electron chi connectivity index (χ1n) is 8.20. The predicted octanol–water partition coefficient (Wildman–Crippen LogP) is 2.36. The summed E-state index contributed by atoms with van der Waals surface area (Å²) in [4.78, 5) is 24.8. The Labute approximate surface area is 146 Å². The van der Waals surface area contributed by atoms with Crippen LogP contribution in [0.4, 0.5) is 9.18 Å². The molecular formula is C17H24FN3O2S. The van der Waals surface area contributed by atoms with E-state index < -0.39 is 6.03 Å². The molecule has 24 heavy (non-hydrogen) atoms. The number of rotatable bonds is 7. The van der Waals surface area contributed by atoms with Crippen LogP contribution in [0, 0.1) is 11.7 Å². The van der Waals surface area contributed by atoms with E-state index in [9.17, 15) is 14.0 Å². The molecule has 1 atom stereocenters. The lowest BCUT2D eigenvalue weighted by Gasteiger charge is -2.30. The van der Waals surface area contributed by atoms with Gasteiger partial charge in [0.1, 0.15) is 5.82 Å². The molecule has 1 fully saturated rings. The average Bonchev–Trinajstić information content (AvgIpc) is 2.59. The number of nitrogens with zero attached hydrogens (tertiary/aromatic N) is 1. The van der Waals surface area contributed by atoms with E-state index in [4.69, 9.17) is 5.73 Å². The quantitative estimate of drug-likeness (QED) is 0.739. The van der Waals surface area contributed by atoms with Gasteiger partial charge in [-0.3, -0.25) is 4.79 Å². The molecule has 0 radical (unpaired) electrons. The Hall–Kier alpha value is -1.76. The van der Waals surface area contributed by atoms with Crippen molar-refractivity contribution in [1.29, 1.82) is 0 Å². The van der Waals surface area contributed by atoms with Crippen LogP contribution in [0.3, 0.4) is 0 Å². The van der Waals surface area contributed by atoms with Crippen molar-refractivity contribution in [2.75, 3.05) is 25.4 Å². The van der Waals surface area contributed by atoms with Crippen LogP contribution in [0.5, 0.6) is 0 Å². The minimum absolute atomic E-state index is 0.00415. The van der Waals surface area contributed by atoms with Gasteiger partial charge in [-0.2, -0.15) is 11.8 Å². The third-order valence-corrected chi connectivity index (χ3v) is 5.17. The van der Waals surface area contributed by atoms with Crippen LogP contribution in [0.25, 0.3) is 0 Å². The zero-order valence-electron chi connectivity index (χ0n) is 13.7. The summed E-state index contributed by atoms with van der Waals surface area (Å²) in [6, 6.07) is 6.06. The van der Waals surface area contributed by atoms with Gasteiger partial charge in [-0.05, 0) is 42.7 Å². The molecule has 3 N–H and O–H groups in total. The van der Waals surface area contributed by atoms with Crippen LogP contribution in [0.1, 0.15) is 24.8 Å². The lowest BCUT2D eigenvalue weighted by molar-refractivity contribution is -0.126. The summed E-state index contributed by atoms with van der Waals surface area (Å²) in [5.41, 5.74) is 6.37. The van der Waals surface area contributed by atoms with Gasteiger partial charge in [0.25, 0.3) is 0 Å². The van der Waals surface area contributed by atoms with Crippen LogP contribution in [-0.2, 0) is 10.5 Å². The number of piperidine rings is 1. The second-order valence-corrected chi connectivity index (χ2v) is 7.05. The number of hydrogen-bond donors (Lipinski definition) is 2. The number of benzene rings is 1. The summed E-state index contributed by atoms with van der Waals surface area (Å²) in [7, 11) is 0. The number of thioether (sulfide) groups is 1. The highest BCUT2D eigenvalue weighted by Crippen LogP contribution is 2.16. The molecule has 1 aromatic rings. The third kappa shape index (κ3) is 6.03. The first-order chi connectivity index (χ1) is 11.6. The molecule has 1 aliphatic heterocycles. The molecule has 0 aliphatic carbocycles. The Kier molecular flexibility index (Phi) is 7.36. The predicted molar refractivity (Wildman–Crippen MR) is 94.1 cm³/mol. The van der Waals surface area contributed by atoms with Crippen molar-refractivity contribution in [3.63, 3.8) is 0 Å². The van der Waals surface area contributed by atoms with E-state index >= 15 is 0 Å². The zero-order valence-corrected chi connectivity index (χ0v) is 14.5. The number of hydrogen-bond acceptors (Lipinski definition) is 3. The topological polar surface area (TPSA) is 75.4 Å². The van der Waals surface area contributed by atoms with Crippen molar-refractivity contribution in [3.8, 4) is 0 Å². The van der Waals surface area contributed by atoms with Crippen molar-refractivity contribution in [2.45, 2.75) is 25.0 Å². The van der Waals surface area contributed by atoms with Gasteiger partial charge in [0.15, 0.2) is 0 Å². The van der Waals surface area contributed by atoms with Crippen molar-refractivity contribution in [1.82, 2.24) is 10.2 Å². The van der Waals surface area contributed by atoms with Gasteiger partial charge in [0.2, 0.25) is 5.91 Å². The number of amides is 3. The minimum atomic E-state index is -0.454. The van der Waals surface area contributed by atoms with E-state index in [1.165, 1.54) is 17.0 Å². The molecule has 1 aliphatic rings. The molecule has 0 bridgehead atoms. The Morgan fingerprint density at radius 3 is 2.79 bits per heavy atom. The van der Waals surface area contributed by atoms with Crippen LogP contribution in [-0.4, -0.2) is 42.2 Å². The average molecular weight is 353 g/mol. The van der Waals surface area contributed by atoms with Crippen LogP contribution in [0.2, 0.25) is 0 Å². The maximum atomic E-state index is 12.8. The molecule has 0 saturated carbocycles. The highest BCUT2D eigenvalue weighted by molar-refractivity contribution is 7.98. The van der Waals surface area contributed by atoms with E-state index in [-0.39, 0.29) is 17.6 Å². The fourth-order valence-corrected chi connectivity index (χ4v) is 3.61. The normalized spacial score (nSPS) is 17.5. The van der Waals surface area contributed by atoms with E-state index in [0.29, 0.717) is 19.6 Å². The first-order valence-corrected chi connectivity index (χ1v) is 9.36. The molecule has 0 aromatic heterocycles. The number of likely N-dealkylation sites (tertiary alicyclic amines) is 1. The molecule has 0 spiro atoms. The Morgan fingerprint density at radius 1 is 1.33 bits per heavy atom. The summed E-state index contributed by atoms with van der Waals surface area (Å²) in [6.45, 7) is 1.68. The molecule has 1 saturated heterocycles. The fourth-order valence-electron chi connectivity index (χ4n) is 2.69. The second-order valence-electron chi connectivity index (χ2n) is 5.95. The molecule has 3 amide bonds. The van der Waals surface area contributed by atoms with Gasteiger partial charge in [-0.1, -0.05) is 12.1 Å². The zero-order chi connectivity index (χ0) is 17.4. The number of nitrogens with two attached hydrogens (primary N) is 1. The van der Waals surface area contributed by atoms with Gasteiger partial charge in [0, 0.05) is 25.4 Å². The molecule has 5 nitrogen and oxygen atoms in total. The Balaban J connectivity index is 1.57. The van der Waals surface area contributed by atoms with Crippen molar-refractivity contribution in [3.05, 3.63) is 35.6 Å². The number of nitrogens with one attached hydrogen (secondary N) is 1. The van der Waals surface area contributed by atoms with Gasteiger partial charge < -0.3 is 16.0 Å². The van der Waals surface area contributed by atoms with E-state index in [2.05, 4.69) is 5.32 Å². The largest absolute Gasteiger partial charge is 0.356 e. The number of halogens is 1. The molecule has 1 heterocycles. The fraction of sp³-hybridized carbons (Fsp3) is 0.529. The third-order valence-electron chi connectivity index (χ3n) is 4.05. The molecule has 132 valence electrons. The molecular weight excluding hydrogens is 329 g/mol. The lowest BCUT2D eigenvalue weighted by Crippen LogP contribution is -2.47. The van der Waals surface area contributed by atoms with E-state index in [1.807, 2.05) is 0 Å². The second kappa shape index (κ2) is 9.52. The molecule has 1 aromatic carbocycles. The smallest absolute Gasteiger partial charge is 0.314 e. The number of urea groups is 1. The first kappa shape index (κ1) is 18.6. The standard InChI is InChI=1S/C17H24FN3O2S/c18-15-6-4-13(5-7-15)12-24-10-2-8-20-16(22)14-3-1-9-21(11-14)17(19)23/h4-7,14H,1-3,8-12H2,(H2,19,23)(H,20,22). The van der Waals surface area contributed by atoms with E-state index in [1.54, 1.807) is 23.9 Å². The van der Waals surface area contributed by atoms with Gasteiger partial charge >= 0.3 is 6.03 Å². The summed E-state index contributed by atoms with van der Waals surface area (Å²) < 4.78 is 12.8. The Bertz CT molecular complexity index is 553. The van der Waals surface area contributed by atoms with Crippen molar-refractivity contribution in [2.24, 2.45) is 11.7 Å². The molecule has 1 unspecified atom stereocenters. The van der Waals surface area contributed by atoms with Crippen LogP contribution >= 0.6 is 11.8 Å². The number of carbonyl (C=O) groups excluding carboxylic acids is 2. The maximum absolute atomic E-state index is 12.8. The van der Waals surface area contributed by atoms with Crippen molar-refractivity contribution < 1.29 is 14.0 Å². The Morgan fingerprint density at radius 2 is 2.08 bits per heavy atom. The maximum Gasteiger partial charge on any atom is 0.314 e. The van der Waals surface area contributed by atoms with Crippen LogP contribution < -0.4 is 11.1 Å². The monoisotopic (exact) mass is 353 g/mol. The van der Waals surface area contributed by atoms with Gasteiger partial charge in [-0.15, -0.1) is 0 Å². The molecule has 7 heteroatoms. The summed E-state index contributed by atoms with van der Waals surface area (Å²) >= 11 is 1.76. The number of primary amides is 1. The highest BCUT2D eigenvalue weighted by Gasteiger charge is 2.26. The van der Waals surface area contributed by atoms with Crippen LogP contribution in [0.15, 0.2) is 24.3 Å². The SMILES string of the molecule is NC(=O)N1CCCC(C(=O)NCCCSCc2ccc(F)cc2)C1. The lowest BCUT2D eigenvalue weighted by atomic mass is 9.97. The highest BCUT2D eigenvalue weighted by atomic mass is 32.2. The summed E-state index contributed by atoms with van der Waals surface area (Å²) in [5, 5.41) is 2.94. The number of carbonyl (C=O) groups is 2. The minimum Gasteiger partial charge on any atom is -0.356 e. The summed E-state index contributed by atoms with van der Waals surface area (Å²) in [6.07, 6.45) is 2.49. The van der Waals surface area contributed by atoms with E-state index in [0.717, 1.165) is 36.3 Å².